The molecule has 0 saturated carbocycles. The zero-order chi connectivity index (χ0) is 19.6. The molecule has 0 aliphatic carbocycles. The highest BCUT2D eigenvalue weighted by Gasteiger charge is 2.09. The van der Waals surface area contributed by atoms with Crippen LogP contribution in [0.25, 0.3) is 0 Å². The highest BCUT2D eigenvalue weighted by atomic mass is 16.5. The molecule has 0 unspecified atom stereocenters. The van der Waals surface area contributed by atoms with Gasteiger partial charge in [-0.3, -0.25) is 4.99 Å². The molecule has 0 fully saturated rings. The van der Waals surface area contributed by atoms with Gasteiger partial charge in [0.1, 0.15) is 0 Å². The number of rotatable bonds is 9. The quantitative estimate of drug-likeness (QED) is 0.395. The molecule has 1 aromatic heterocycles. The monoisotopic (exact) mass is 375 g/mol. The Morgan fingerprint density at radius 3 is 2.63 bits per heavy atom. The molecule has 2 aromatic rings. The molecule has 0 aliphatic heterocycles. The Balaban J connectivity index is 1.93. The predicted octanol–water partition coefficient (Wildman–Crippen LogP) is 3.22. The van der Waals surface area contributed by atoms with Crippen molar-refractivity contribution in [3.8, 4) is 11.5 Å². The Hall–Kier alpha value is -2.77. The third kappa shape index (κ3) is 6.16. The van der Waals surface area contributed by atoms with Crippen LogP contribution in [-0.2, 0) is 6.42 Å². The predicted molar refractivity (Wildman–Crippen MR) is 106 cm³/mol. The van der Waals surface area contributed by atoms with Crippen LogP contribution >= 0.6 is 0 Å². The van der Waals surface area contributed by atoms with E-state index in [2.05, 4.69) is 25.8 Å². The van der Waals surface area contributed by atoms with E-state index in [0.29, 0.717) is 36.3 Å². The molecule has 0 aliphatic rings. The van der Waals surface area contributed by atoms with Gasteiger partial charge < -0.3 is 24.6 Å². The molecule has 1 heterocycles. The summed E-state index contributed by atoms with van der Waals surface area (Å²) in [6, 6.07) is 5.64. The molecular weight excluding hydrogens is 346 g/mol. The lowest BCUT2D eigenvalue weighted by Gasteiger charge is -2.13. The van der Waals surface area contributed by atoms with Gasteiger partial charge in [0.25, 0.3) is 0 Å². The number of methoxy groups -OCH3 is 2. The van der Waals surface area contributed by atoms with E-state index in [1.165, 1.54) is 0 Å². The number of benzene rings is 1. The van der Waals surface area contributed by atoms with E-state index in [1.807, 2.05) is 39.0 Å². The summed E-state index contributed by atoms with van der Waals surface area (Å²) >= 11 is 0. The van der Waals surface area contributed by atoms with Crippen LogP contribution in [0.4, 0.5) is 5.69 Å². The molecule has 0 atom stereocenters. The lowest BCUT2D eigenvalue weighted by molar-refractivity contribution is 0.355. The smallest absolute Gasteiger partial charge is 0.226 e. The van der Waals surface area contributed by atoms with Crippen molar-refractivity contribution >= 4 is 11.6 Å². The van der Waals surface area contributed by atoms with Crippen LogP contribution in [0.1, 0.15) is 44.8 Å². The van der Waals surface area contributed by atoms with E-state index in [9.17, 15) is 0 Å². The van der Waals surface area contributed by atoms with Gasteiger partial charge in [-0.15, -0.1) is 0 Å². The normalized spacial score (nSPS) is 11.6. The Morgan fingerprint density at radius 1 is 1.22 bits per heavy atom. The first-order chi connectivity index (χ1) is 13.1. The molecule has 0 bridgehead atoms. The summed E-state index contributed by atoms with van der Waals surface area (Å²) in [6.45, 7) is 7.52. The van der Waals surface area contributed by atoms with Gasteiger partial charge in [0.15, 0.2) is 23.3 Å². The molecule has 8 heteroatoms. The molecule has 148 valence electrons. The maximum absolute atomic E-state index is 5.34. The number of anilines is 1. The van der Waals surface area contributed by atoms with E-state index in [0.717, 1.165) is 24.5 Å². The lowest BCUT2D eigenvalue weighted by atomic mass is 10.2. The topological polar surface area (TPSA) is 93.8 Å². The van der Waals surface area contributed by atoms with Crippen molar-refractivity contribution in [2.45, 2.75) is 39.5 Å². The Kier molecular flexibility index (Phi) is 7.91. The fourth-order valence-electron chi connectivity index (χ4n) is 2.38. The van der Waals surface area contributed by atoms with Crippen molar-refractivity contribution in [1.82, 2.24) is 15.5 Å². The summed E-state index contributed by atoms with van der Waals surface area (Å²) in [4.78, 5) is 8.98. The second-order valence-corrected chi connectivity index (χ2v) is 6.26. The highest BCUT2D eigenvalue weighted by molar-refractivity contribution is 5.93. The third-order valence-corrected chi connectivity index (χ3v) is 3.81. The first-order valence-electron chi connectivity index (χ1n) is 9.17. The second-order valence-electron chi connectivity index (χ2n) is 6.26. The number of hydrogen-bond donors (Lipinski definition) is 2. The number of nitrogens with one attached hydrogen (secondary N) is 2. The number of hydrogen-bond acceptors (Lipinski definition) is 6. The Morgan fingerprint density at radius 2 is 2.00 bits per heavy atom. The van der Waals surface area contributed by atoms with Crippen LogP contribution in [0.2, 0.25) is 0 Å². The summed E-state index contributed by atoms with van der Waals surface area (Å²) < 4.78 is 15.9. The van der Waals surface area contributed by atoms with E-state index < -0.39 is 0 Å². The Labute approximate surface area is 160 Å². The number of aryl methyl sites for hydroxylation is 1. The van der Waals surface area contributed by atoms with Crippen molar-refractivity contribution in [2.75, 3.05) is 32.6 Å². The van der Waals surface area contributed by atoms with Crippen molar-refractivity contribution in [2.24, 2.45) is 4.99 Å². The van der Waals surface area contributed by atoms with Crippen molar-refractivity contribution in [3.05, 3.63) is 29.9 Å². The number of nitrogens with zero attached hydrogens (tertiary/aromatic N) is 3. The zero-order valence-electron chi connectivity index (χ0n) is 16.7. The molecule has 2 rings (SSSR count). The molecule has 0 saturated heterocycles. The first-order valence-corrected chi connectivity index (χ1v) is 9.17. The van der Waals surface area contributed by atoms with Crippen LogP contribution in [0, 0.1) is 0 Å². The van der Waals surface area contributed by atoms with Gasteiger partial charge in [0, 0.05) is 37.2 Å². The van der Waals surface area contributed by atoms with Crippen molar-refractivity contribution in [1.29, 1.82) is 0 Å². The van der Waals surface area contributed by atoms with Crippen molar-refractivity contribution in [3.63, 3.8) is 0 Å². The summed E-state index contributed by atoms with van der Waals surface area (Å²) in [6.07, 6.45) is 1.53. The van der Waals surface area contributed by atoms with E-state index in [1.54, 1.807) is 14.2 Å². The number of ether oxygens (including phenoxy) is 2. The molecular formula is C19H29N5O3. The van der Waals surface area contributed by atoms with Gasteiger partial charge in [-0.05, 0) is 25.5 Å². The van der Waals surface area contributed by atoms with Crippen LogP contribution in [-0.4, -0.2) is 43.4 Å². The molecule has 2 N–H and O–H groups in total. The Bertz CT molecular complexity index is 743. The summed E-state index contributed by atoms with van der Waals surface area (Å²) in [5.41, 5.74) is 0.867. The van der Waals surface area contributed by atoms with Gasteiger partial charge >= 0.3 is 0 Å². The minimum absolute atomic E-state index is 0.270. The molecule has 1 aromatic carbocycles. The fraction of sp³-hybridized carbons (Fsp3) is 0.526. The molecule has 27 heavy (non-hydrogen) atoms. The minimum atomic E-state index is 0.270. The molecule has 8 nitrogen and oxygen atoms in total. The van der Waals surface area contributed by atoms with E-state index in [4.69, 9.17) is 14.0 Å². The van der Waals surface area contributed by atoms with E-state index >= 15 is 0 Å². The summed E-state index contributed by atoms with van der Waals surface area (Å²) in [5.74, 6) is 3.73. The average Bonchev–Trinajstić information content (AvgIpc) is 3.14. The number of aliphatic imine (C=N–C) groups is 1. The van der Waals surface area contributed by atoms with Crippen LogP contribution in [0.3, 0.4) is 0 Å². The highest BCUT2D eigenvalue weighted by Crippen LogP contribution is 2.29. The van der Waals surface area contributed by atoms with Gasteiger partial charge in [-0.1, -0.05) is 19.0 Å². The summed E-state index contributed by atoms with van der Waals surface area (Å²) in [7, 11) is 3.23. The second kappa shape index (κ2) is 10.4. The maximum Gasteiger partial charge on any atom is 0.226 e. The maximum atomic E-state index is 5.34. The summed E-state index contributed by atoms with van der Waals surface area (Å²) in [5, 5.41) is 10.5. The molecule has 0 spiro atoms. The number of guanidine groups is 1. The fourth-order valence-corrected chi connectivity index (χ4v) is 2.38. The standard InChI is InChI=1S/C19H29N5O3/c1-6-20-19(22-14-9-10-15(25-4)16(12-14)26-5)21-11-7-8-17-23-18(13(2)3)24-27-17/h9-10,12-13H,6-8,11H2,1-5H3,(H2,20,21,22). The van der Waals surface area contributed by atoms with Gasteiger partial charge in [0.05, 0.1) is 14.2 Å². The first kappa shape index (κ1) is 20.5. The van der Waals surface area contributed by atoms with Gasteiger partial charge in [-0.25, -0.2) is 0 Å². The SMILES string of the molecule is CCNC(=NCCCc1nc(C(C)C)no1)Nc1ccc(OC)c(OC)c1. The largest absolute Gasteiger partial charge is 0.493 e. The third-order valence-electron chi connectivity index (χ3n) is 3.81. The van der Waals surface area contributed by atoms with Gasteiger partial charge in [-0.2, -0.15) is 4.98 Å². The van der Waals surface area contributed by atoms with Crippen LogP contribution in [0.15, 0.2) is 27.7 Å². The zero-order valence-corrected chi connectivity index (χ0v) is 16.7. The molecule has 0 amide bonds. The van der Waals surface area contributed by atoms with Crippen molar-refractivity contribution < 1.29 is 14.0 Å². The van der Waals surface area contributed by atoms with Crippen LogP contribution < -0.4 is 20.1 Å². The molecule has 0 radical (unpaired) electrons. The lowest BCUT2D eigenvalue weighted by Crippen LogP contribution is -2.30. The number of aromatic nitrogens is 2. The van der Waals surface area contributed by atoms with Crippen LogP contribution in [0.5, 0.6) is 11.5 Å². The van der Waals surface area contributed by atoms with E-state index in [-0.39, 0.29) is 5.92 Å². The van der Waals surface area contributed by atoms with Gasteiger partial charge in [0.2, 0.25) is 5.89 Å². The average molecular weight is 375 g/mol. The minimum Gasteiger partial charge on any atom is -0.493 e.